The van der Waals surface area contributed by atoms with Gasteiger partial charge in [-0.05, 0) is 31.5 Å². The first-order valence-corrected chi connectivity index (χ1v) is 8.20. The maximum Gasteiger partial charge on any atom is 0.348 e. The van der Waals surface area contributed by atoms with E-state index in [0.29, 0.717) is 33.0 Å². The van der Waals surface area contributed by atoms with Crippen molar-refractivity contribution in [2.24, 2.45) is 0 Å². The van der Waals surface area contributed by atoms with E-state index in [1.54, 1.807) is 13.2 Å². The molecule has 0 unspecified atom stereocenters. The second kappa shape index (κ2) is 6.58. The zero-order valence-electron chi connectivity index (χ0n) is 13.5. The van der Waals surface area contributed by atoms with Gasteiger partial charge in [-0.2, -0.15) is 0 Å². The second-order valence-corrected chi connectivity index (χ2v) is 6.36. The molecule has 8 heteroatoms. The van der Waals surface area contributed by atoms with Crippen LogP contribution in [-0.2, 0) is 11.3 Å². The summed E-state index contributed by atoms with van der Waals surface area (Å²) in [5.74, 6) is 0.850. The Kier molecular flexibility index (Phi) is 4.50. The summed E-state index contributed by atoms with van der Waals surface area (Å²) in [6, 6.07) is 3.68. The first-order chi connectivity index (χ1) is 11.5. The molecule has 1 atom stereocenters. The van der Waals surface area contributed by atoms with E-state index in [-0.39, 0.29) is 11.6 Å². The number of H-pyrrole nitrogens is 1. The minimum Gasteiger partial charge on any atom is -0.468 e. The molecule has 2 N–H and O–H groups in total. The fourth-order valence-electron chi connectivity index (χ4n) is 2.45. The van der Waals surface area contributed by atoms with E-state index in [1.807, 2.05) is 19.1 Å². The van der Waals surface area contributed by atoms with E-state index < -0.39 is 5.97 Å². The number of rotatable bonds is 5. The van der Waals surface area contributed by atoms with Crippen molar-refractivity contribution in [2.75, 3.05) is 7.11 Å². The maximum atomic E-state index is 12.3. The van der Waals surface area contributed by atoms with Crippen molar-refractivity contribution < 1.29 is 13.9 Å². The SMILES string of the molecule is COC(=O)c1sc2nc(CN[C@@H](C)c3ccco3)[nH]c(=O)c2c1C. The van der Waals surface area contributed by atoms with Crippen LogP contribution in [0.1, 0.15) is 39.8 Å². The molecule has 0 amide bonds. The Morgan fingerprint density at radius 1 is 1.54 bits per heavy atom. The molecule has 126 valence electrons. The molecule has 0 aliphatic rings. The average Bonchev–Trinajstić information content (AvgIpc) is 3.20. The number of aryl methyl sites for hydroxylation is 1. The van der Waals surface area contributed by atoms with Gasteiger partial charge in [-0.25, -0.2) is 9.78 Å². The molecule has 3 aromatic rings. The van der Waals surface area contributed by atoms with Gasteiger partial charge in [-0.3, -0.25) is 4.79 Å². The van der Waals surface area contributed by atoms with Gasteiger partial charge in [-0.15, -0.1) is 11.3 Å². The Bertz CT molecular complexity index is 927. The van der Waals surface area contributed by atoms with Crippen LogP contribution < -0.4 is 10.9 Å². The van der Waals surface area contributed by atoms with E-state index in [2.05, 4.69) is 15.3 Å². The molecule has 24 heavy (non-hydrogen) atoms. The fraction of sp³-hybridized carbons (Fsp3) is 0.312. The van der Waals surface area contributed by atoms with Gasteiger partial charge < -0.3 is 19.5 Å². The summed E-state index contributed by atoms with van der Waals surface area (Å²) >= 11 is 1.16. The number of esters is 1. The van der Waals surface area contributed by atoms with Crippen LogP contribution in [0.5, 0.6) is 0 Å². The van der Waals surface area contributed by atoms with E-state index in [1.165, 1.54) is 7.11 Å². The number of aromatic nitrogens is 2. The smallest absolute Gasteiger partial charge is 0.348 e. The van der Waals surface area contributed by atoms with Gasteiger partial charge in [0.1, 0.15) is 21.3 Å². The van der Waals surface area contributed by atoms with Crippen molar-refractivity contribution >= 4 is 27.5 Å². The molecule has 0 aliphatic heterocycles. The first-order valence-electron chi connectivity index (χ1n) is 7.38. The predicted octanol–water partition coefficient (Wildman–Crippen LogP) is 2.52. The summed E-state index contributed by atoms with van der Waals surface area (Å²) in [6.07, 6.45) is 1.61. The van der Waals surface area contributed by atoms with Crippen LogP contribution in [0.2, 0.25) is 0 Å². The monoisotopic (exact) mass is 347 g/mol. The fourth-order valence-corrected chi connectivity index (χ4v) is 3.57. The van der Waals surface area contributed by atoms with Crippen LogP contribution in [-0.4, -0.2) is 23.0 Å². The van der Waals surface area contributed by atoms with Crippen molar-refractivity contribution in [1.29, 1.82) is 0 Å². The third-order valence-electron chi connectivity index (χ3n) is 3.77. The number of carbonyl (C=O) groups excluding carboxylic acids is 1. The highest BCUT2D eigenvalue weighted by Crippen LogP contribution is 2.27. The predicted molar refractivity (Wildman–Crippen MR) is 90.3 cm³/mol. The minimum absolute atomic E-state index is 0.0169. The standard InChI is InChI=1S/C16H17N3O4S/c1-8-12-14(20)18-11(7-17-9(2)10-5-4-6-23-10)19-15(12)24-13(8)16(21)22-3/h4-6,9,17H,7H2,1-3H3,(H,18,19,20)/t9-/m0/s1. The van der Waals surface area contributed by atoms with E-state index >= 15 is 0 Å². The Labute approximate surface area is 141 Å². The number of methoxy groups -OCH3 is 1. The van der Waals surface area contributed by atoms with Crippen molar-refractivity contribution in [3.05, 3.63) is 50.8 Å². The van der Waals surface area contributed by atoms with Gasteiger partial charge in [0.15, 0.2) is 0 Å². The number of carbonyl (C=O) groups is 1. The zero-order valence-corrected chi connectivity index (χ0v) is 14.3. The van der Waals surface area contributed by atoms with Gasteiger partial charge >= 0.3 is 5.97 Å². The number of ether oxygens (including phenoxy) is 1. The van der Waals surface area contributed by atoms with Gasteiger partial charge in [0.2, 0.25) is 0 Å². The molecular weight excluding hydrogens is 330 g/mol. The number of thiophene rings is 1. The molecule has 0 saturated carbocycles. The lowest BCUT2D eigenvalue weighted by molar-refractivity contribution is 0.0605. The number of fused-ring (bicyclic) bond motifs is 1. The Hall–Kier alpha value is -2.45. The summed E-state index contributed by atoms with van der Waals surface area (Å²) in [5, 5.41) is 3.67. The van der Waals surface area contributed by atoms with Crippen LogP contribution in [0.4, 0.5) is 0 Å². The summed E-state index contributed by atoms with van der Waals surface area (Å²) < 4.78 is 10.1. The molecule has 0 fully saturated rings. The molecule has 0 aromatic carbocycles. The molecule has 7 nitrogen and oxygen atoms in total. The third kappa shape index (κ3) is 2.98. The molecule has 3 rings (SSSR count). The van der Waals surface area contributed by atoms with Crippen molar-refractivity contribution in [3.8, 4) is 0 Å². The lowest BCUT2D eigenvalue weighted by Gasteiger charge is -2.10. The van der Waals surface area contributed by atoms with Crippen LogP contribution in [0.15, 0.2) is 27.6 Å². The number of hydrogen-bond acceptors (Lipinski definition) is 7. The Balaban J connectivity index is 1.88. The van der Waals surface area contributed by atoms with Crippen LogP contribution in [0.3, 0.4) is 0 Å². The largest absolute Gasteiger partial charge is 0.468 e. The number of nitrogens with zero attached hydrogens (tertiary/aromatic N) is 1. The normalized spacial score (nSPS) is 12.5. The second-order valence-electron chi connectivity index (χ2n) is 5.36. The molecule has 0 bridgehead atoms. The van der Waals surface area contributed by atoms with Gasteiger partial charge in [0.25, 0.3) is 5.56 Å². The van der Waals surface area contributed by atoms with Crippen molar-refractivity contribution in [1.82, 2.24) is 15.3 Å². The quantitative estimate of drug-likeness (QED) is 0.688. The van der Waals surface area contributed by atoms with Crippen LogP contribution in [0, 0.1) is 6.92 Å². The van der Waals surface area contributed by atoms with Crippen LogP contribution in [0.25, 0.3) is 10.2 Å². The van der Waals surface area contributed by atoms with E-state index in [0.717, 1.165) is 17.1 Å². The summed E-state index contributed by atoms with van der Waals surface area (Å²) in [5.41, 5.74) is 0.338. The minimum atomic E-state index is -0.457. The highest BCUT2D eigenvalue weighted by molar-refractivity contribution is 7.20. The topological polar surface area (TPSA) is 97.2 Å². The highest BCUT2D eigenvalue weighted by Gasteiger charge is 2.19. The average molecular weight is 347 g/mol. The van der Waals surface area contributed by atoms with Crippen molar-refractivity contribution in [3.63, 3.8) is 0 Å². The van der Waals surface area contributed by atoms with Crippen LogP contribution >= 0.6 is 11.3 Å². The van der Waals surface area contributed by atoms with Gasteiger partial charge in [-0.1, -0.05) is 0 Å². The lowest BCUT2D eigenvalue weighted by atomic mass is 10.2. The Morgan fingerprint density at radius 2 is 2.33 bits per heavy atom. The number of furan rings is 1. The maximum absolute atomic E-state index is 12.3. The highest BCUT2D eigenvalue weighted by atomic mass is 32.1. The molecule has 3 heterocycles. The van der Waals surface area contributed by atoms with Gasteiger partial charge in [0, 0.05) is 0 Å². The Morgan fingerprint density at radius 3 is 3.00 bits per heavy atom. The molecule has 0 spiro atoms. The molecule has 0 saturated heterocycles. The number of aromatic amines is 1. The first kappa shape index (κ1) is 16.4. The third-order valence-corrected chi connectivity index (χ3v) is 4.93. The summed E-state index contributed by atoms with van der Waals surface area (Å²) in [4.78, 5) is 32.2. The van der Waals surface area contributed by atoms with E-state index in [4.69, 9.17) is 9.15 Å². The molecule has 0 aliphatic carbocycles. The number of hydrogen-bond donors (Lipinski definition) is 2. The zero-order chi connectivity index (χ0) is 17.3. The molecule has 0 radical (unpaired) electrons. The van der Waals surface area contributed by atoms with Gasteiger partial charge in [0.05, 0.1) is 31.3 Å². The molecular formula is C16H17N3O4S. The lowest BCUT2D eigenvalue weighted by Crippen LogP contribution is -2.21. The number of nitrogens with one attached hydrogen (secondary N) is 2. The molecule has 3 aromatic heterocycles. The van der Waals surface area contributed by atoms with E-state index in [9.17, 15) is 9.59 Å². The summed E-state index contributed by atoms with van der Waals surface area (Å²) in [7, 11) is 1.31. The summed E-state index contributed by atoms with van der Waals surface area (Å²) in [6.45, 7) is 4.05. The van der Waals surface area contributed by atoms with Crippen molar-refractivity contribution in [2.45, 2.75) is 26.4 Å².